The van der Waals surface area contributed by atoms with Crippen LogP contribution < -0.4 is 0 Å². The van der Waals surface area contributed by atoms with Crippen LogP contribution in [0, 0.1) is 22.7 Å². The van der Waals surface area contributed by atoms with Gasteiger partial charge in [-0.05, 0) is 73.3 Å². The largest absolute Gasteiger partial charge is 0.457 e. The molecule has 2 aliphatic carbocycles. The summed E-state index contributed by atoms with van der Waals surface area (Å²) in [5.41, 5.74) is 2.30. The quantitative estimate of drug-likeness (QED) is 0.428. The molecule has 0 radical (unpaired) electrons. The first-order valence-corrected chi connectivity index (χ1v) is 13.1. The van der Waals surface area contributed by atoms with Crippen LogP contribution in [-0.4, -0.2) is 12.0 Å². The highest BCUT2D eigenvalue weighted by Gasteiger charge is 2.54. The van der Waals surface area contributed by atoms with E-state index in [1.807, 2.05) is 12.1 Å². The molecule has 1 aromatic heterocycles. The van der Waals surface area contributed by atoms with Crippen molar-refractivity contribution in [3.63, 3.8) is 0 Å². The van der Waals surface area contributed by atoms with Gasteiger partial charge in [0.25, 0.3) is 0 Å². The number of ketones is 1. The van der Waals surface area contributed by atoms with Crippen molar-refractivity contribution in [1.82, 2.24) is 0 Å². The van der Waals surface area contributed by atoms with E-state index in [0.29, 0.717) is 5.78 Å². The van der Waals surface area contributed by atoms with E-state index in [9.17, 15) is 4.79 Å². The predicted molar refractivity (Wildman–Crippen MR) is 132 cm³/mol. The monoisotopic (exact) mass is 452 g/mol. The summed E-state index contributed by atoms with van der Waals surface area (Å²) in [6, 6.07) is 10.6. The molecular formula is C27H32O2S2. The van der Waals surface area contributed by atoms with Crippen LogP contribution in [0.4, 0.5) is 0 Å². The molecule has 0 amide bonds. The molecule has 3 atom stereocenters. The van der Waals surface area contributed by atoms with Crippen LogP contribution in [0.15, 0.2) is 73.6 Å². The van der Waals surface area contributed by atoms with E-state index >= 15 is 0 Å². The molecule has 2 aliphatic rings. The normalized spacial score (nSPS) is 27.9. The van der Waals surface area contributed by atoms with Crippen molar-refractivity contribution in [3.8, 4) is 0 Å². The fraction of sp³-hybridized carbons (Fsp3) is 0.444. The summed E-state index contributed by atoms with van der Waals surface area (Å²) >= 11 is 3.40. The SMILES string of the molecule is CSc1ccc(Sc2occc2/C=C/[C@H]2C(C)=CC(=O)[C@H]3C(C)(C)CCC[C@]23C)cc1. The number of benzene rings is 1. The molecule has 0 N–H and O–H groups in total. The Kier molecular flexibility index (Phi) is 6.33. The van der Waals surface area contributed by atoms with Gasteiger partial charge >= 0.3 is 0 Å². The van der Waals surface area contributed by atoms with E-state index in [1.165, 1.54) is 21.8 Å². The van der Waals surface area contributed by atoms with E-state index in [-0.39, 0.29) is 22.7 Å². The first kappa shape index (κ1) is 22.5. The van der Waals surface area contributed by atoms with Crippen LogP contribution in [0.3, 0.4) is 0 Å². The van der Waals surface area contributed by atoms with Gasteiger partial charge in [-0.3, -0.25) is 4.79 Å². The van der Waals surface area contributed by atoms with E-state index in [0.717, 1.165) is 23.5 Å². The Hall–Kier alpha value is -1.65. The molecule has 1 heterocycles. The van der Waals surface area contributed by atoms with Crippen LogP contribution in [0.2, 0.25) is 0 Å². The molecule has 0 unspecified atom stereocenters. The average molecular weight is 453 g/mol. The van der Waals surface area contributed by atoms with E-state index in [1.54, 1.807) is 29.8 Å². The van der Waals surface area contributed by atoms with Crippen LogP contribution >= 0.6 is 23.5 Å². The number of allylic oxidation sites excluding steroid dienone is 3. The third kappa shape index (κ3) is 4.34. The van der Waals surface area contributed by atoms with Gasteiger partial charge in [0.2, 0.25) is 0 Å². The Bertz CT molecular complexity index is 1010. The zero-order valence-corrected chi connectivity index (χ0v) is 20.7. The highest BCUT2D eigenvalue weighted by molar-refractivity contribution is 7.99. The molecular weight excluding hydrogens is 420 g/mol. The second kappa shape index (κ2) is 8.71. The van der Waals surface area contributed by atoms with Gasteiger partial charge in [0, 0.05) is 27.2 Å². The summed E-state index contributed by atoms with van der Waals surface area (Å²) in [6.07, 6.45) is 13.7. The third-order valence-electron chi connectivity index (χ3n) is 7.23. The summed E-state index contributed by atoms with van der Waals surface area (Å²) in [6.45, 7) is 9.00. The number of fused-ring (bicyclic) bond motifs is 1. The summed E-state index contributed by atoms with van der Waals surface area (Å²) < 4.78 is 5.81. The van der Waals surface area contributed by atoms with Gasteiger partial charge in [0.15, 0.2) is 10.9 Å². The summed E-state index contributed by atoms with van der Waals surface area (Å²) in [5, 5.41) is 0.910. The Balaban J connectivity index is 1.60. The van der Waals surface area contributed by atoms with Crippen molar-refractivity contribution in [2.75, 3.05) is 6.26 Å². The number of carbonyl (C=O) groups is 1. The highest BCUT2D eigenvalue weighted by Crippen LogP contribution is 2.59. The van der Waals surface area contributed by atoms with Crippen molar-refractivity contribution < 1.29 is 9.21 Å². The smallest absolute Gasteiger partial charge is 0.171 e. The topological polar surface area (TPSA) is 30.2 Å². The third-order valence-corrected chi connectivity index (χ3v) is 9.00. The lowest BCUT2D eigenvalue weighted by Gasteiger charge is -2.55. The summed E-state index contributed by atoms with van der Waals surface area (Å²) in [5.74, 6) is 0.672. The maximum Gasteiger partial charge on any atom is 0.171 e. The lowest BCUT2D eigenvalue weighted by Crippen LogP contribution is -2.52. The van der Waals surface area contributed by atoms with Gasteiger partial charge in [0.1, 0.15) is 0 Å². The van der Waals surface area contributed by atoms with E-state index < -0.39 is 0 Å². The van der Waals surface area contributed by atoms with Gasteiger partial charge in [0.05, 0.1) is 6.26 Å². The lowest BCUT2D eigenvalue weighted by atomic mass is 9.48. The number of furan rings is 1. The Morgan fingerprint density at radius 2 is 1.77 bits per heavy atom. The minimum absolute atomic E-state index is 0.0289. The maximum absolute atomic E-state index is 13.0. The molecule has 0 saturated heterocycles. The highest BCUT2D eigenvalue weighted by atomic mass is 32.2. The zero-order valence-electron chi connectivity index (χ0n) is 19.1. The van der Waals surface area contributed by atoms with Crippen LogP contribution in [-0.2, 0) is 4.79 Å². The second-order valence-corrected chi connectivity index (χ2v) is 11.8. The molecule has 0 bridgehead atoms. The molecule has 164 valence electrons. The molecule has 4 heteroatoms. The lowest BCUT2D eigenvalue weighted by molar-refractivity contribution is -0.134. The van der Waals surface area contributed by atoms with Crippen LogP contribution in [0.5, 0.6) is 0 Å². The summed E-state index contributed by atoms with van der Waals surface area (Å²) in [4.78, 5) is 15.5. The van der Waals surface area contributed by atoms with Gasteiger partial charge in [-0.1, -0.05) is 56.7 Å². The average Bonchev–Trinajstić information content (AvgIpc) is 3.14. The fourth-order valence-corrected chi connectivity index (χ4v) is 7.16. The van der Waals surface area contributed by atoms with Crippen LogP contribution in [0.1, 0.15) is 52.5 Å². The standard InChI is InChI=1S/C27H32O2S2/c1-18-17-23(28)24-26(2,3)14-6-15-27(24,4)22(18)12-7-19-13-16-29-25(19)31-21-10-8-20(30-5)9-11-21/h7-13,16-17,22,24H,6,14-15H2,1-5H3/b12-7+/t22-,24-,27+/m0/s1. The maximum atomic E-state index is 13.0. The number of thioether (sulfide) groups is 1. The summed E-state index contributed by atoms with van der Waals surface area (Å²) in [7, 11) is 0. The first-order chi connectivity index (χ1) is 14.7. The van der Waals surface area contributed by atoms with Crippen molar-refractivity contribution in [1.29, 1.82) is 0 Å². The molecule has 0 aliphatic heterocycles. The molecule has 1 aromatic carbocycles. The molecule has 2 aromatic rings. The van der Waals surface area contributed by atoms with Crippen molar-refractivity contribution in [3.05, 3.63) is 59.9 Å². The zero-order chi connectivity index (χ0) is 22.2. The van der Waals surface area contributed by atoms with Crippen molar-refractivity contribution >= 4 is 35.4 Å². The van der Waals surface area contributed by atoms with E-state index in [2.05, 4.69) is 70.4 Å². The van der Waals surface area contributed by atoms with Gasteiger partial charge in [-0.25, -0.2) is 0 Å². The minimum atomic E-state index is -0.0289. The van der Waals surface area contributed by atoms with Gasteiger partial charge < -0.3 is 4.42 Å². The molecule has 31 heavy (non-hydrogen) atoms. The second-order valence-electron chi connectivity index (χ2n) is 9.85. The molecule has 1 fully saturated rings. The Morgan fingerprint density at radius 1 is 1.06 bits per heavy atom. The van der Waals surface area contributed by atoms with Crippen LogP contribution in [0.25, 0.3) is 6.08 Å². The van der Waals surface area contributed by atoms with Gasteiger partial charge in [-0.2, -0.15) is 0 Å². The minimum Gasteiger partial charge on any atom is -0.457 e. The Morgan fingerprint density at radius 3 is 2.48 bits per heavy atom. The van der Waals surface area contributed by atoms with Crippen molar-refractivity contribution in [2.45, 2.75) is 61.8 Å². The van der Waals surface area contributed by atoms with E-state index in [4.69, 9.17) is 4.42 Å². The fourth-order valence-electron chi connectivity index (χ4n) is 5.90. The molecule has 0 spiro atoms. The first-order valence-electron chi connectivity index (χ1n) is 11.0. The molecule has 4 rings (SSSR count). The number of hydrogen-bond acceptors (Lipinski definition) is 4. The number of hydrogen-bond donors (Lipinski definition) is 0. The van der Waals surface area contributed by atoms with Crippen molar-refractivity contribution in [2.24, 2.45) is 22.7 Å². The predicted octanol–water partition coefficient (Wildman–Crippen LogP) is 8.14. The Labute approximate surface area is 195 Å². The molecule has 2 nitrogen and oxygen atoms in total. The molecule has 1 saturated carbocycles. The number of rotatable bonds is 5. The van der Waals surface area contributed by atoms with Gasteiger partial charge in [-0.15, -0.1) is 11.8 Å². The number of carbonyl (C=O) groups excluding carboxylic acids is 1.